The maximum atomic E-state index is 4.40. The maximum absolute atomic E-state index is 4.40. The topological polar surface area (TPSA) is 50.2 Å². The highest BCUT2D eigenvalue weighted by Gasteiger charge is 2.07. The van der Waals surface area contributed by atoms with Crippen LogP contribution in [-0.4, -0.2) is 16.2 Å². The molecule has 4 heteroatoms. The van der Waals surface area contributed by atoms with Crippen LogP contribution in [0.4, 0.5) is 5.82 Å². The lowest BCUT2D eigenvalue weighted by atomic mass is 10.1. The van der Waals surface area contributed by atoms with Crippen LogP contribution in [0, 0.1) is 13.8 Å². The van der Waals surface area contributed by atoms with Gasteiger partial charge in [0.1, 0.15) is 5.82 Å². The molecule has 0 aliphatic heterocycles. The van der Waals surface area contributed by atoms with Gasteiger partial charge in [-0.2, -0.15) is 5.10 Å². The third kappa shape index (κ3) is 4.38. The van der Waals surface area contributed by atoms with Gasteiger partial charge >= 0.3 is 0 Å². The molecule has 0 aliphatic carbocycles. The standard InChI is InChI=1S/C18H20N4/c1-4-9-17-14(2)20-15(3)21-18(17)22-19-13-8-12-16-10-6-5-7-11-16/h4-8,10-13H,1,9H2,2-3H3,(H,20,21,22)/b12-8+,19-13-. The fourth-order valence-corrected chi connectivity index (χ4v) is 2.08. The minimum Gasteiger partial charge on any atom is -0.261 e. The van der Waals surface area contributed by atoms with Crippen molar-refractivity contribution in [1.82, 2.24) is 9.97 Å². The van der Waals surface area contributed by atoms with E-state index in [9.17, 15) is 0 Å². The van der Waals surface area contributed by atoms with Crippen molar-refractivity contribution < 1.29 is 0 Å². The van der Waals surface area contributed by atoms with Crippen LogP contribution in [0.25, 0.3) is 6.08 Å². The lowest BCUT2D eigenvalue weighted by molar-refractivity contribution is 0.964. The van der Waals surface area contributed by atoms with Crippen LogP contribution in [0.3, 0.4) is 0 Å². The van der Waals surface area contributed by atoms with Gasteiger partial charge in [0, 0.05) is 17.5 Å². The SMILES string of the molecule is C=CCc1c(C)nc(C)nc1N/N=C\C=C\c1ccccc1. The third-order valence-electron chi connectivity index (χ3n) is 3.09. The molecule has 1 N–H and O–H groups in total. The Morgan fingerprint density at radius 2 is 1.95 bits per heavy atom. The fraction of sp³-hybridized carbons (Fsp3) is 0.167. The minimum absolute atomic E-state index is 0.712. The summed E-state index contributed by atoms with van der Waals surface area (Å²) in [6.45, 7) is 7.61. The fourth-order valence-electron chi connectivity index (χ4n) is 2.08. The van der Waals surface area contributed by atoms with E-state index in [2.05, 4.69) is 27.1 Å². The van der Waals surface area contributed by atoms with Crippen molar-refractivity contribution in [2.75, 3.05) is 5.43 Å². The maximum Gasteiger partial charge on any atom is 0.153 e. The highest BCUT2D eigenvalue weighted by atomic mass is 15.3. The molecule has 22 heavy (non-hydrogen) atoms. The Bertz CT molecular complexity index is 688. The normalized spacial score (nSPS) is 11.2. The Morgan fingerprint density at radius 3 is 2.68 bits per heavy atom. The number of hydrogen-bond donors (Lipinski definition) is 1. The number of aromatic nitrogens is 2. The molecular weight excluding hydrogens is 272 g/mol. The summed E-state index contributed by atoms with van der Waals surface area (Å²) in [6, 6.07) is 10.1. The largest absolute Gasteiger partial charge is 0.261 e. The number of nitrogens with one attached hydrogen (secondary N) is 1. The van der Waals surface area contributed by atoms with E-state index in [1.165, 1.54) is 0 Å². The molecule has 0 fully saturated rings. The Morgan fingerprint density at radius 1 is 1.18 bits per heavy atom. The zero-order chi connectivity index (χ0) is 15.8. The smallest absolute Gasteiger partial charge is 0.153 e. The summed E-state index contributed by atoms with van der Waals surface area (Å²) in [7, 11) is 0. The molecule has 0 saturated heterocycles. The molecule has 0 aliphatic rings. The molecule has 0 atom stereocenters. The van der Waals surface area contributed by atoms with Gasteiger partial charge < -0.3 is 0 Å². The van der Waals surface area contributed by atoms with E-state index >= 15 is 0 Å². The number of anilines is 1. The Kier molecular flexibility index (Phi) is 5.60. The molecule has 1 aromatic carbocycles. The molecule has 0 spiro atoms. The van der Waals surface area contributed by atoms with Gasteiger partial charge in [-0.25, -0.2) is 9.97 Å². The Labute approximate surface area is 131 Å². The first-order valence-electron chi connectivity index (χ1n) is 7.16. The molecule has 0 unspecified atom stereocenters. The van der Waals surface area contributed by atoms with Crippen LogP contribution >= 0.6 is 0 Å². The molecule has 0 radical (unpaired) electrons. The zero-order valence-electron chi connectivity index (χ0n) is 13.0. The van der Waals surface area contributed by atoms with Gasteiger partial charge in [-0.3, -0.25) is 5.43 Å². The molecule has 112 valence electrons. The van der Waals surface area contributed by atoms with Crippen molar-refractivity contribution in [2.24, 2.45) is 5.10 Å². The summed E-state index contributed by atoms with van der Waals surface area (Å²) in [5.74, 6) is 1.46. The average molecular weight is 292 g/mol. The first-order chi connectivity index (χ1) is 10.7. The van der Waals surface area contributed by atoms with Crippen LogP contribution in [-0.2, 0) is 6.42 Å². The number of nitrogens with zero attached hydrogens (tertiary/aromatic N) is 3. The Hall–Kier alpha value is -2.75. The first-order valence-corrected chi connectivity index (χ1v) is 7.16. The van der Waals surface area contributed by atoms with Gasteiger partial charge in [-0.15, -0.1) is 6.58 Å². The van der Waals surface area contributed by atoms with Crippen LogP contribution < -0.4 is 5.43 Å². The Balaban J connectivity index is 2.06. The van der Waals surface area contributed by atoms with Gasteiger partial charge in [0.2, 0.25) is 0 Å². The summed E-state index contributed by atoms with van der Waals surface area (Å²) in [4.78, 5) is 8.77. The van der Waals surface area contributed by atoms with E-state index in [1.54, 1.807) is 6.21 Å². The molecule has 0 bridgehead atoms. The second-order valence-electron chi connectivity index (χ2n) is 4.84. The predicted molar refractivity (Wildman–Crippen MR) is 93.0 cm³/mol. The van der Waals surface area contributed by atoms with Crippen molar-refractivity contribution in [2.45, 2.75) is 20.3 Å². The van der Waals surface area contributed by atoms with Gasteiger partial charge in [-0.05, 0) is 31.9 Å². The van der Waals surface area contributed by atoms with E-state index in [4.69, 9.17) is 0 Å². The number of rotatable bonds is 6. The van der Waals surface area contributed by atoms with E-state index in [1.807, 2.05) is 62.4 Å². The third-order valence-corrected chi connectivity index (χ3v) is 3.09. The lowest BCUT2D eigenvalue weighted by Crippen LogP contribution is -2.04. The summed E-state index contributed by atoms with van der Waals surface area (Å²) in [6.07, 6.45) is 8.13. The average Bonchev–Trinajstić information content (AvgIpc) is 2.51. The molecule has 0 saturated carbocycles. The van der Waals surface area contributed by atoms with E-state index < -0.39 is 0 Å². The number of aryl methyl sites for hydroxylation is 2. The summed E-state index contributed by atoms with van der Waals surface area (Å²) >= 11 is 0. The van der Waals surface area contributed by atoms with Gasteiger partial charge in [0.25, 0.3) is 0 Å². The highest BCUT2D eigenvalue weighted by Crippen LogP contribution is 2.17. The van der Waals surface area contributed by atoms with Crippen molar-refractivity contribution in [3.05, 3.63) is 71.7 Å². The molecule has 1 heterocycles. The summed E-state index contributed by atoms with van der Waals surface area (Å²) in [5, 5.41) is 4.20. The summed E-state index contributed by atoms with van der Waals surface area (Å²) < 4.78 is 0. The van der Waals surface area contributed by atoms with E-state index in [-0.39, 0.29) is 0 Å². The number of hydrogen-bond acceptors (Lipinski definition) is 4. The second-order valence-corrected chi connectivity index (χ2v) is 4.84. The van der Waals surface area contributed by atoms with Gasteiger partial charge in [0.15, 0.2) is 5.82 Å². The van der Waals surface area contributed by atoms with Crippen LogP contribution in [0.1, 0.15) is 22.6 Å². The molecule has 4 nitrogen and oxygen atoms in total. The number of benzene rings is 1. The minimum atomic E-state index is 0.712. The van der Waals surface area contributed by atoms with Crippen molar-refractivity contribution in [1.29, 1.82) is 0 Å². The second kappa shape index (κ2) is 7.88. The van der Waals surface area contributed by atoms with E-state index in [0.29, 0.717) is 6.42 Å². The van der Waals surface area contributed by atoms with Gasteiger partial charge in [-0.1, -0.05) is 42.5 Å². The molecule has 0 amide bonds. The summed E-state index contributed by atoms with van der Waals surface area (Å²) in [5.41, 5.74) is 6.09. The van der Waals surface area contributed by atoms with Crippen molar-refractivity contribution in [3.63, 3.8) is 0 Å². The zero-order valence-corrected chi connectivity index (χ0v) is 13.0. The van der Waals surface area contributed by atoms with Crippen molar-refractivity contribution in [3.8, 4) is 0 Å². The van der Waals surface area contributed by atoms with Gasteiger partial charge in [0.05, 0.1) is 0 Å². The lowest BCUT2D eigenvalue weighted by Gasteiger charge is -2.09. The van der Waals surface area contributed by atoms with Crippen LogP contribution in [0.15, 0.2) is 54.2 Å². The highest BCUT2D eigenvalue weighted by molar-refractivity contribution is 5.78. The molecule has 2 aromatic rings. The number of allylic oxidation sites excluding steroid dienone is 2. The number of hydrazone groups is 1. The molecular formula is C18H20N4. The quantitative estimate of drug-likeness (QED) is 0.498. The first kappa shape index (κ1) is 15.6. The molecule has 2 rings (SSSR count). The van der Waals surface area contributed by atoms with E-state index in [0.717, 1.165) is 28.5 Å². The monoisotopic (exact) mass is 292 g/mol. The van der Waals surface area contributed by atoms with Crippen LogP contribution in [0.2, 0.25) is 0 Å². The molecule has 1 aromatic heterocycles. The predicted octanol–water partition coefficient (Wildman–Crippen LogP) is 3.93. The van der Waals surface area contributed by atoms with Crippen molar-refractivity contribution >= 4 is 18.1 Å². The van der Waals surface area contributed by atoms with Crippen LogP contribution in [0.5, 0.6) is 0 Å².